The monoisotopic (exact) mass is 358 g/mol. The lowest BCUT2D eigenvalue weighted by atomic mass is 10.0. The Morgan fingerprint density at radius 2 is 1.80 bits per heavy atom. The molecule has 1 atom stereocenters. The van der Waals surface area contributed by atoms with Gasteiger partial charge in [0.1, 0.15) is 6.04 Å². The van der Waals surface area contributed by atoms with Gasteiger partial charge >= 0.3 is 0 Å². The van der Waals surface area contributed by atoms with E-state index in [4.69, 9.17) is 0 Å². The summed E-state index contributed by atoms with van der Waals surface area (Å²) in [5, 5.41) is 2.78. The molecule has 0 spiro atoms. The van der Waals surface area contributed by atoms with Crippen LogP contribution in [-0.4, -0.2) is 31.7 Å². The van der Waals surface area contributed by atoms with Crippen LogP contribution in [-0.2, 0) is 20.6 Å². The number of benzene rings is 2. The minimum Gasteiger partial charge on any atom is -0.353 e. The zero-order chi connectivity index (χ0) is 18.0. The van der Waals surface area contributed by atoms with Crippen molar-refractivity contribution in [2.75, 3.05) is 13.1 Å². The molecule has 1 aliphatic rings. The summed E-state index contributed by atoms with van der Waals surface area (Å²) in [6.45, 7) is 4.49. The van der Waals surface area contributed by atoms with Gasteiger partial charge in [-0.05, 0) is 25.0 Å². The summed E-state index contributed by atoms with van der Waals surface area (Å²) in [4.78, 5) is 12.4. The van der Waals surface area contributed by atoms with E-state index in [-0.39, 0.29) is 18.2 Å². The van der Waals surface area contributed by atoms with E-state index in [0.29, 0.717) is 12.1 Å². The highest BCUT2D eigenvalue weighted by Crippen LogP contribution is 2.28. The average molecular weight is 358 g/mol. The van der Waals surface area contributed by atoms with Crippen molar-refractivity contribution in [1.29, 1.82) is 0 Å². The first kappa shape index (κ1) is 17.6. The van der Waals surface area contributed by atoms with E-state index < -0.39 is 16.1 Å². The molecule has 1 amide bonds. The fraction of sp³-hybridized carbons (Fsp3) is 0.316. The summed E-state index contributed by atoms with van der Waals surface area (Å²) < 4.78 is 27.3. The van der Waals surface area contributed by atoms with Gasteiger partial charge in [0.2, 0.25) is 15.9 Å². The van der Waals surface area contributed by atoms with E-state index >= 15 is 0 Å². The fourth-order valence-electron chi connectivity index (χ4n) is 3.08. The molecule has 2 aromatic rings. The van der Waals surface area contributed by atoms with Gasteiger partial charge in [0, 0.05) is 13.1 Å². The maximum atomic E-state index is 13.0. The lowest BCUT2D eigenvalue weighted by Gasteiger charge is -2.34. The molecule has 0 aliphatic carbocycles. The first-order chi connectivity index (χ1) is 11.9. The molecule has 132 valence electrons. The van der Waals surface area contributed by atoms with Crippen molar-refractivity contribution >= 4 is 15.9 Å². The fourth-order valence-corrected chi connectivity index (χ4v) is 4.77. The average Bonchev–Trinajstić information content (AvgIpc) is 2.56. The molecule has 1 unspecified atom stereocenters. The van der Waals surface area contributed by atoms with E-state index in [1.54, 1.807) is 6.07 Å². The highest BCUT2D eigenvalue weighted by Gasteiger charge is 2.38. The molecule has 0 radical (unpaired) electrons. The van der Waals surface area contributed by atoms with Crippen LogP contribution in [0.5, 0.6) is 0 Å². The molecule has 2 aromatic carbocycles. The van der Waals surface area contributed by atoms with Crippen LogP contribution < -0.4 is 5.32 Å². The highest BCUT2D eigenvalue weighted by molar-refractivity contribution is 7.88. The van der Waals surface area contributed by atoms with Crippen LogP contribution in [0.1, 0.15) is 28.3 Å². The van der Waals surface area contributed by atoms with Crippen molar-refractivity contribution in [1.82, 2.24) is 9.62 Å². The molecule has 3 rings (SSSR count). The van der Waals surface area contributed by atoms with Crippen molar-refractivity contribution in [2.45, 2.75) is 25.6 Å². The van der Waals surface area contributed by atoms with Gasteiger partial charge in [0.25, 0.3) is 0 Å². The molecule has 1 saturated heterocycles. The Kier molecular flexibility index (Phi) is 4.92. The third kappa shape index (κ3) is 3.91. The first-order valence-corrected chi connectivity index (χ1v) is 9.87. The van der Waals surface area contributed by atoms with E-state index in [1.165, 1.54) is 4.31 Å². The second kappa shape index (κ2) is 6.98. The summed E-state index contributed by atoms with van der Waals surface area (Å²) in [6.07, 6.45) is 0. The van der Waals surface area contributed by atoms with Gasteiger partial charge in [0.05, 0.1) is 5.75 Å². The third-order valence-corrected chi connectivity index (χ3v) is 6.16. The van der Waals surface area contributed by atoms with Crippen LogP contribution in [0.4, 0.5) is 0 Å². The number of amides is 1. The molecular weight excluding hydrogens is 336 g/mol. The number of rotatable bonds is 4. The van der Waals surface area contributed by atoms with Gasteiger partial charge in [-0.1, -0.05) is 59.7 Å². The van der Waals surface area contributed by atoms with Gasteiger partial charge in [-0.3, -0.25) is 4.79 Å². The van der Waals surface area contributed by atoms with Crippen molar-refractivity contribution in [2.24, 2.45) is 0 Å². The zero-order valence-corrected chi connectivity index (χ0v) is 15.2. The van der Waals surface area contributed by atoms with Crippen molar-refractivity contribution in [3.63, 3.8) is 0 Å². The van der Waals surface area contributed by atoms with E-state index in [1.807, 2.05) is 56.3 Å². The van der Waals surface area contributed by atoms with E-state index in [2.05, 4.69) is 5.32 Å². The van der Waals surface area contributed by atoms with Crippen LogP contribution in [0.3, 0.4) is 0 Å². The molecule has 25 heavy (non-hydrogen) atoms. The number of carbonyl (C=O) groups is 1. The van der Waals surface area contributed by atoms with Crippen LogP contribution in [0.25, 0.3) is 0 Å². The van der Waals surface area contributed by atoms with Gasteiger partial charge in [-0.15, -0.1) is 0 Å². The molecule has 0 bridgehead atoms. The number of hydrogen-bond donors (Lipinski definition) is 1. The molecule has 0 saturated carbocycles. The Morgan fingerprint density at radius 1 is 1.08 bits per heavy atom. The molecule has 1 aliphatic heterocycles. The second-order valence-electron chi connectivity index (χ2n) is 6.46. The lowest BCUT2D eigenvalue weighted by Crippen LogP contribution is -2.52. The molecule has 1 heterocycles. The number of nitrogens with zero attached hydrogens (tertiary/aromatic N) is 1. The summed E-state index contributed by atoms with van der Waals surface area (Å²) in [7, 11) is -3.62. The summed E-state index contributed by atoms with van der Waals surface area (Å²) in [6, 6.07) is 14.0. The third-order valence-electron chi connectivity index (χ3n) is 4.35. The second-order valence-corrected chi connectivity index (χ2v) is 8.38. The van der Waals surface area contributed by atoms with Crippen molar-refractivity contribution < 1.29 is 13.2 Å². The van der Waals surface area contributed by atoms with Gasteiger partial charge < -0.3 is 5.32 Å². The maximum absolute atomic E-state index is 13.0. The van der Waals surface area contributed by atoms with E-state index in [0.717, 1.165) is 16.7 Å². The van der Waals surface area contributed by atoms with Gasteiger partial charge in [-0.25, -0.2) is 8.42 Å². The first-order valence-electron chi connectivity index (χ1n) is 8.26. The minimum absolute atomic E-state index is 0.108. The Bertz CT molecular complexity index is 876. The standard InChI is InChI=1S/C19H22N2O3S/c1-14-6-8-16(9-7-14)13-25(23,24)21-11-10-20-19(22)18(21)17-5-3-4-15(2)12-17/h3-9,12,18H,10-11,13H2,1-2H3,(H,20,22). The number of nitrogens with one attached hydrogen (secondary N) is 1. The molecular formula is C19H22N2O3S. The predicted molar refractivity (Wildman–Crippen MR) is 97.4 cm³/mol. The lowest BCUT2D eigenvalue weighted by molar-refractivity contribution is -0.126. The molecule has 5 nitrogen and oxygen atoms in total. The number of carbonyl (C=O) groups excluding carboxylic acids is 1. The molecule has 1 N–H and O–H groups in total. The zero-order valence-electron chi connectivity index (χ0n) is 14.4. The quantitative estimate of drug-likeness (QED) is 0.912. The Labute approximate surface area is 148 Å². The largest absolute Gasteiger partial charge is 0.353 e. The Balaban J connectivity index is 1.94. The summed E-state index contributed by atoms with van der Waals surface area (Å²) in [5.74, 6) is -0.382. The van der Waals surface area contributed by atoms with Crippen LogP contribution >= 0.6 is 0 Å². The number of hydrogen-bond acceptors (Lipinski definition) is 3. The van der Waals surface area contributed by atoms with Gasteiger partial charge in [-0.2, -0.15) is 4.31 Å². The predicted octanol–water partition coefficient (Wildman–Crippen LogP) is 2.31. The number of aryl methyl sites for hydroxylation is 2. The Morgan fingerprint density at radius 3 is 2.48 bits per heavy atom. The number of piperazine rings is 1. The van der Waals surface area contributed by atoms with Crippen molar-refractivity contribution in [3.8, 4) is 0 Å². The molecule has 1 fully saturated rings. The highest BCUT2D eigenvalue weighted by atomic mass is 32.2. The molecule has 0 aromatic heterocycles. The SMILES string of the molecule is Cc1ccc(CS(=O)(=O)N2CCNC(=O)C2c2cccc(C)c2)cc1. The van der Waals surface area contributed by atoms with Gasteiger partial charge in [0.15, 0.2) is 0 Å². The molecule has 6 heteroatoms. The topological polar surface area (TPSA) is 66.5 Å². The minimum atomic E-state index is -3.62. The van der Waals surface area contributed by atoms with Crippen LogP contribution in [0.15, 0.2) is 48.5 Å². The normalized spacial score (nSPS) is 18.8. The van der Waals surface area contributed by atoms with Crippen LogP contribution in [0, 0.1) is 13.8 Å². The van der Waals surface area contributed by atoms with Crippen molar-refractivity contribution in [3.05, 3.63) is 70.8 Å². The Hall–Kier alpha value is -2.18. The smallest absolute Gasteiger partial charge is 0.243 e. The maximum Gasteiger partial charge on any atom is 0.243 e. The summed E-state index contributed by atoms with van der Waals surface area (Å²) in [5.41, 5.74) is 3.49. The summed E-state index contributed by atoms with van der Waals surface area (Å²) >= 11 is 0. The van der Waals surface area contributed by atoms with E-state index in [9.17, 15) is 13.2 Å². The van der Waals surface area contributed by atoms with Crippen LogP contribution in [0.2, 0.25) is 0 Å². The number of sulfonamides is 1.